The maximum atomic E-state index is 11.6. The van der Waals surface area contributed by atoms with E-state index in [1.54, 1.807) is 6.07 Å². The summed E-state index contributed by atoms with van der Waals surface area (Å²) in [5.41, 5.74) is 1.04. The van der Waals surface area contributed by atoms with E-state index in [9.17, 15) is 19.6 Å². The summed E-state index contributed by atoms with van der Waals surface area (Å²) in [7, 11) is 0. The second kappa shape index (κ2) is 7.22. The van der Waals surface area contributed by atoms with Gasteiger partial charge in [0.05, 0.1) is 12.6 Å². The van der Waals surface area contributed by atoms with E-state index in [1.807, 2.05) is 10.1 Å². The summed E-state index contributed by atoms with van der Waals surface area (Å²) in [5.74, 6) is -0.624. The molecule has 2 rings (SSSR count). The van der Waals surface area contributed by atoms with Gasteiger partial charge in [0.15, 0.2) is 5.69 Å². The SMILES string of the molecule is O=C(Cc1n[nH]c(=O)[nH]c1=O)NN=Cc1cccc([NH+]([O-])O)c1. The molecular formula is C12H12N6O5. The lowest BCUT2D eigenvalue weighted by molar-refractivity contribution is -0.991. The summed E-state index contributed by atoms with van der Waals surface area (Å²) in [5, 5.41) is 27.7. The van der Waals surface area contributed by atoms with Crippen molar-refractivity contribution in [2.75, 3.05) is 0 Å². The first-order valence-corrected chi connectivity index (χ1v) is 6.29. The molecule has 0 aliphatic rings. The molecule has 1 amide bonds. The standard InChI is InChI=1S/C12H12N6O5/c19-10(5-9-11(20)14-12(21)17-15-9)16-13-6-7-2-1-3-8(4-7)18(22)23/h1-4,6,18,22H,5H2,(H,16,19)(H2,14,17,20,21). The number of nitrogens with zero attached hydrogens (tertiary/aromatic N) is 2. The van der Waals surface area contributed by atoms with Gasteiger partial charge in [0.1, 0.15) is 5.69 Å². The smallest absolute Gasteiger partial charge is 0.342 e. The number of hydrogen-bond donors (Lipinski definition) is 5. The van der Waals surface area contributed by atoms with Gasteiger partial charge in [0.25, 0.3) is 5.56 Å². The largest absolute Gasteiger partial charge is 0.595 e. The zero-order chi connectivity index (χ0) is 16.8. The molecule has 0 fully saturated rings. The molecule has 0 radical (unpaired) electrons. The molecule has 11 heteroatoms. The molecule has 23 heavy (non-hydrogen) atoms. The van der Waals surface area contributed by atoms with Crippen LogP contribution in [0, 0.1) is 5.21 Å². The average molecular weight is 320 g/mol. The van der Waals surface area contributed by atoms with Gasteiger partial charge >= 0.3 is 5.69 Å². The van der Waals surface area contributed by atoms with Crippen molar-refractivity contribution in [2.24, 2.45) is 5.10 Å². The molecule has 5 N–H and O–H groups in total. The zero-order valence-electron chi connectivity index (χ0n) is 11.6. The Labute approximate surface area is 127 Å². The molecule has 0 bridgehead atoms. The van der Waals surface area contributed by atoms with E-state index < -0.39 is 22.4 Å². The minimum atomic E-state index is -1.08. The van der Waals surface area contributed by atoms with Crippen LogP contribution in [-0.2, 0) is 11.2 Å². The average Bonchev–Trinajstić information content (AvgIpc) is 2.50. The molecule has 1 unspecified atom stereocenters. The number of hydrogen-bond acceptors (Lipinski definition) is 7. The van der Waals surface area contributed by atoms with E-state index >= 15 is 0 Å². The summed E-state index contributed by atoms with van der Waals surface area (Å²) in [6.45, 7) is 0. The van der Waals surface area contributed by atoms with Gasteiger partial charge < -0.3 is 5.21 Å². The topological polar surface area (TPSA) is 168 Å². The Hall–Kier alpha value is -3.15. The maximum Gasteiger partial charge on any atom is 0.342 e. The summed E-state index contributed by atoms with van der Waals surface area (Å²) in [4.78, 5) is 35.7. The van der Waals surface area contributed by atoms with E-state index in [4.69, 9.17) is 5.21 Å². The fourth-order valence-corrected chi connectivity index (χ4v) is 1.61. The van der Waals surface area contributed by atoms with Crippen LogP contribution in [-0.4, -0.2) is 32.5 Å². The molecule has 0 saturated heterocycles. The molecule has 1 atom stereocenters. The second-order valence-corrected chi connectivity index (χ2v) is 4.35. The number of rotatable bonds is 5. The lowest BCUT2D eigenvalue weighted by Crippen LogP contribution is -2.99. The third kappa shape index (κ3) is 4.67. The molecule has 120 valence electrons. The van der Waals surface area contributed by atoms with Crippen LogP contribution in [0.2, 0.25) is 0 Å². The van der Waals surface area contributed by atoms with Gasteiger partial charge in [-0.25, -0.2) is 20.5 Å². The monoisotopic (exact) mass is 320 g/mol. The summed E-state index contributed by atoms with van der Waals surface area (Å²) < 4.78 is 0. The van der Waals surface area contributed by atoms with Crippen LogP contribution in [0.3, 0.4) is 0 Å². The number of carbonyl (C=O) groups is 1. The van der Waals surface area contributed by atoms with Crippen molar-refractivity contribution in [1.29, 1.82) is 0 Å². The van der Waals surface area contributed by atoms with Gasteiger partial charge in [-0.3, -0.25) is 14.6 Å². The number of aromatic nitrogens is 3. The maximum absolute atomic E-state index is 11.6. The fraction of sp³-hybridized carbons (Fsp3) is 0.0833. The van der Waals surface area contributed by atoms with Gasteiger partial charge in [-0.1, -0.05) is 12.1 Å². The lowest BCUT2D eigenvalue weighted by Gasteiger charge is -2.11. The van der Waals surface area contributed by atoms with Crippen molar-refractivity contribution in [2.45, 2.75) is 6.42 Å². The number of nitrogens with one attached hydrogen (secondary N) is 4. The molecule has 1 aromatic heterocycles. The first-order valence-electron chi connectivity index (χ1n) is 6.29. The quantitative estimate of drug-likeness (QED) is 0.303. The van der Waals surface area contributed by atoms with Gasteiger partial charge in [0, 0.05) is 17.7 Å². The molecule has 1 aromatic carbocycles. The number of H-pyrrole nitrogens is 2. The Morgan fingerprint density at radius 2 is 2.26 bits per heavy atom. The van der Waals surface area contributed by atoms with Crippen molar-refractivity contribution in [3.8, 4) is 0 Å². The highest BCUT2D eigenvalue weighted by Crippen LogP contribution is 2.03. The van der Waals surface area contributed by atoms with Crippen molar-refractivity contribution in [3.05, 3.63) is 61.6 Å². The minimum Gasteiger partial charge on any atom is -0.595 e. The fourth-order valence-electron chi connectivity index (χ4n) is 1.61. The summed E-state index contributed by atoms with van der Waals surface area (Å²) in [6, 6.07) is 5.95. The van der Waals surface area contributed by atoms with Gasteiger partial charge in [-0.15, -0.1) is 0 Å². The molecular weight excluding hydrogens is 308 g/mol. The highest BCUT2D eigenvalue weighted by atomic mass is 16.8. The second-order valence-electron chi connectivity index (χ2n) is 4.35. The van der Waals surface area contributed by atoms with Gasteiger partial charge in [0.2, 0.25) is 5.91 Å². The number of benzene rings is 1. The van der Waals surface area contributed by atoms with Gasteiger partial charge in [-0.2, -0.15) is 15.4 Å². The minimum absolute atomic E-state index is 0.0873. The molecule has 0 aliphatic carbocycles. The summed E-state index contributed by atoms with van der Waals surface area (Å²) in [6.07, 6.45) is 0.882. The Morgan fingerprint density at radius 3 is 2.96 bits per heavy atom. The lowest BCUT2D eigenvalue weighted by atomic mass is 10.2. The normalized spacial score (nSPS) is 12.3. The van der Waals surface area contributed by atoms with Gasteiger partial charge in [-0.05, 0) is 0 Å². The van der Waals surface area contributed by atoms with Crippen molar-refractivity contribution in [3.63, 3.8) is 0 Å². The van der Waals surface area contributed by atoms with E-state index in [-0.39, 0.29) is 17.8 Å². The number of hydrazone groups is 1. The molecule has 0 spiro atoms. The molecule has 0 saturated carbocycles. The van der Waals surface area contributed by atoms with E-state index in [2.05, 4.69) is 15.6 Å². The number of amides is 1. The van der Waals surface area contributed by atoms with Crippen LogP contribution in [0.4, 0.5) is 5.69 Å². The van der Waals surface area contributed by atoms with Crippen LogP contribution < -0.4 is 21.9 Å². The Morgan fingerprint density at radius 1 is 1.48 bits per heavy atom. The third-order valence-corrected chi connectivity index (χ3v) is 2.65. The predicted octanol–water partition coefficient (Wildman–Crippen LogP) is -2.45. The molecule has 2 aromatic rings. The first kappa shape index (κ1) is 16.2. The predicted molar refractivity (Wildman–Crippen MR) is 77.1 cm³/mol. The zero-order valence-corrected chi connectivity index (χ0v) is 11.6. The highest BCUT2D eigenvalue weighted by Gasteiger charge is 2.08. The van der Waals surface area contributed by atoms with Crippen LogP contribution in [0.25, 0.3) is 0 Å². The van der Waals surface area contributed by atoms with Crippen molar-refractivity contribution < 1.29 is 15.2 Å². The molecule has 11 nitrogen and oxygen atoms in total. The van der Waals surface area contributed by atoms with E-state index in [0.29, 0.717) is 5.56 Å². The Bertz CT molecular complexity index is 840. The van der Waals surface area contributed by atoms with Crippen LogP contribution in [0.1, 0.15) is 11.3 Å². The van der Waals surface area contributed by atoms with E-state index in [0.717, 1.165) is 0 Å². The van der Waals surface area contributed by atoms with E-state index in [1.165, 1.54) is 24.4 Å². The van der Waals surface area contributed by atoms with Crippen molar-refractivity contribution >= 4 is 17.8 Å². The third-order valence-electron chi connectivity index (χ3n) is 2.65. The van der Waals surface area contributed by atoms with Crippen LogP contribution in [0.15, 0.2) is 39.0 Å². The number of aromatic amines is 2. The number of carbonyl (C=O) groups excluding carboxylic acids is 1. The first-order chi connectivity index (χ1) is 11.0. The molecule has 0 aliphatic heterocycles. The Kier molecular flexibility index (Phi) is 5.09. The Balaban J connectivity index is 1.97. The van der Waals surface area contributed by atoms with Crippen LogP contribution in [0.5, 0.6) is 0 Å². The number of quaternary nitrogens is 1. The highest BCUT2D eigenvalue weighted by molar-refractivity contribution is 5.83. The van der Waals surface area contributed by atoms with Crippen LogP contribution >= 0.6 is 0 Å². The molecule has 1 heterocycles. The van der Waals surface area contributed by atoms with Crippen molar-refractivity contribution in [1.82, 2.24) is 20.6 Å². The summed E-state index contributed by atoms with van der Waals surface area (Å²) >= 11 is 0.